The Labute approximate surface area is 170 Å². The summed E-state index contributed by atoms with van der Waals surface area (Å²) in [6.45, 7) is 6.04. The van der Waals surface area contributed by atoms with E-state index < -0.39 is 0 Å². The van der Waals surface area contributed by atoms with E-state index in [9.17, 15) is 4.79 Å². The molecule has 0 atom stereocenters. The van der Waals surface area contributed by atoms with Crippen LogP contribution >= 0.6 is 11.3 Å². The van der Waals surface area contributed by atoms with Crippen LogP contribution in [0.3, 0.4) is 0 Å². The van der Waals surface area contributed by atoms with Crippen LogP contribution in [-0.4, -0.2) is 49.6 Å². The van der Waals surface area contributed by atoms with Crippen LogP contribution in [0.2, 0.25) is 0 Å². The second-order valence-corrected chi connectivity index (χ2v) is 8.03. The topological polar surface area (TPSA) is 45.7 Å². The highest BCUT2D eigenvalue weighted by Crippen LogP contribution is 2.31. The molecule has 0 aliphatic rings. The van der Waals surface area contributed by atoms with E-state index in [1.54, 1.807) is 11.3 Å². The van der Waals surface area contributed by atoms with E-state index in [0.29, 0.717) is 19.6 Å². The Kier molecular flexibility index (Phi) is 6.65. The van der Waals surface area contributed by atoms with Crippen molar-refractivity contribution < 1.29 is 9.53 Å². The number of para-hydroxylation sites is 1. The van der Waals surface area contributed by atoms with E-state index in [1.165, 1.54) is 0 Å². The molecule has 148 valence electrons. The quantitative estimate of drug-likeness (QED) is 0.573. The van der Waals surface area contributed by atoms with Crippen LogP contribution in [0, 0.1) is 6.92 Å². The van der Waals surface area contributed by atoms with Gasteiger partial charge >= 0.3 is 0 Å². The summed E-state index contributed by atoms with van der Waals surface area (Å²) in [4.78, 5) is 21.8. The van der Waals surface area contributed by atoms with Gasteiger partial charge in [0.2, 0.25) is 5.91 Å². The van der Waals surface area contributed by atoms with Gasteiger partial charge in [-0.15, -0.1) is 0 Å². The summed E-state index contributed by atoms with van der Waals surface area (Å²) in [6.07, 6.45) is 0.342. The number of ether oxygens (including phenoxy) is 1. The smallest absolute Gasteiger partial charge is 0.233 e. The molecule has 3 rings (SSSR count). The van der Waals surface area contributed by atoms with Crippen LogP contribution in [0.5, 0.6) is 5.75 Å². The molecule has 1 aromatic heterocycles. The molecule has 0 aliphatic heterocycles. The van der Waals surface area contributed by atoms with Crippen LogP contribution in [0.4, 0.5) is 5.13 Å². The molecule has 6 heteroatoms. The summed E-state index contributed by atoms with van der Waals surface area (Å²) in [6, 6.07) is 13.9. The third-order valence-electron chi connectivity index (χ3n) is 4.50. The molecule has 0 fully saturated rings. The minimum Gasteiger partial charge on any atom is -0.494 e. The van der Waals surface area contributed by atoms with Gasteiger partial charge in [0.25, 0.3) is 0 Å². The first-order valence-corrected chi connectivity index (χ1v) is 10.3. The predicted molar refractivity (Wildman–Crippen MR) is 117 cm³/mol. The SMILES string of the molecule is CCOc1ccc(CC(=O)N(CCN(C)C)c2nc3c(C)cccc3s2)cc1. The van der Waals surface area contributed by atoms with Crippen LogP contribution in [0.1, 0.15) is 18.1 Å². The summed E-state index contributed by atoms with van der Waals surface area (Å²) in [5, 5.41) is 0.766. The van der Waals surface area contributed by atoms with Crippen molar-refractivity contribution in [3.63, 3.8) is 0 Å². The number of nitrogens with zero attached hydrogens (tertiary/aromatic N) is 3. The number of hydrogen-bond acceptors (Lipinski definition) is 5. The Morgan fingerprint density at radius 1 is 1.11 bits per heavy atom. The molecule has 0 spiro atoms. The monoisotopic (exact) mass is 397 g/mol. The van der Waals surface area contributed by atoms with Gasteiger partial charge in [-0.1, -0.05) is 35.6 Å². The lowest BCUT2D eigenvalue weighted by molar-refractivity contribution is -0.118. The summed E-state index contributed by atoms with van der Waals surface area (Å²) < 4.78 is 6.59. The number of benzene rings is 2. The van der Waals surface area contributed by atoms with E-state index in [-0.39, 0.29) is 5.91 Å². The lowest BCUT2D eigenvalue weighted by atomic mass is 10.1. The zero-order valence-corrected chi connectivity index (χ0v) is 17.8. The molecule has 2 aromatic carbocycles. The van der Waals surface area contributed by atoms with Crippen molar-refractivity contribution in [3.8, 4) is 5.75 Å². The minimum atomic E-state index is 0.0581. The van der Waals surface area contributed by atoms with Gasteiger partial charge in [-0.2, -0.15) is 0 Å². The number of thiazole rings is 1. The van der Waals surface area contributed by atoms with E-state index in [4.69, 9.17) is 9.72 Å². The fourth-order valence-corrected chi connectivity index (χ4v) is 4.04. The van der Waals surface area contributed by atoms with Gasteiger partial charge < -0.3 is 9.64 Å². The Morgan fingerprint density at radius 3 is 2.50 bits per heavy atom. The van der Waals surface area contributed by atoms with Gasteiger partial charge in [-0.05, 0) is 57.3 Å². The summed E-state index contributed by atoms with van der Waals surface area (Å²) in [7, 11) is 4.02. The van der Waals surface area contributed by atoms with Gasteiger partial charge in [0, 0.05) is 13.1 Å². The van der Waals surface area contributed by atoms with Crippen molar-refractivity contribution in [2.24, 2.45) is 0 Å². The molecule has 0 saturated carbocycles. The number of likely N-dealkylation sites (N-methyl/N-ethyl adjacent to an activating group) is 1. The fourth-order valence-electron chi connectivity index (χ4n) is 2.96. The van der Waals surface area contributed by atoms with Crippen LogP contribution < -0.4 is 9.64 Å². The average Bonchev–Trinajstić information content (AvgIpc) is 3.09. The van der Waals surface area contributed by atoms with Gasteiger partial charge in [-0.3, -0.25) is 9.69 Å². The second-order valence-electron chi connectivity index (χ2n) is 7.02. The molecular formula is C22H27N3O2S. The average molecular weight is 398 g/mol. The van der Waals surface area contributed by atoms with Crippen LogP contribution in [-0.2, 0) is 11.2 Å². The number of carbonyl (C=O) groups is 1. The summed E-state index contributed by atoms with van der Waals surface area (Å²) >= 11 is 1.57. The van der Waals surface area contributed by atoms with Crippen molar-refractivity contribution in [1.29, 1.82) is 0 Å². The molecule has 0 saturated heterocycles. The zero-order chi connectivity index (χ0) is 20.1. The first-order valence-electron chi connectivity index (χ1n) is 9.51. The number of rotatable bonds is 8. The molecule has 28 heavy (non-hydrogen) atoms. The normalized spacial score (nSPS) is 11.2. The Balaban J connectivity index is 1.83. The highest BCUT2D eigenvalue weighted by atomic mass is 32.1. The lowest BCUT2D eigenvalue weighted by Crippen LogP contribution is -2.37. The van der Waals surface area contributed by atoms with Crippen molar-refractivity contribution in [2.75, 3.05) is 38.7 Å². The number of hydrogen-bond donors (Lipinski definition) is 0. The maximum Gasteiger partial charge on any atom is 0.233 e. The molecule has 0 unspecified atom stereocenters. The molecule has 0 radical (unpaired) electrons. The van der Waals surface area contributed by atoms with E-state index in [0.717, 1.165) is 38.8 Å². The molecule has 3 aromatic rings. The molecule has 0 N–H and O–H groups in total. The predicted octanol–water partition coefficient (Wildman–Crippen LogP) is 4.14. The Hall–Kier alpha value is -2.44. The number of amides is 1. The standard InChI is InChI=1S/C22H27N3O2S/c1-5-27-18-11-9-17(10-12-18)15-20(26)25(14-13-24(3)4)22-23-21-16(2)7-6-8-19(21)28-22/h6-12H,5,13-15H2,1-4H3. The number of fused-ring (bicyclic) bond motifs is 1. The molecule has 5 nitrogen and oxygen atoms in total. The lowest BCUT2D eigenvalue weighted by Gasteiger charge is -2.22. The maximum absolute atomic E-state index is 13.1. The van der Waals surface area contributed by atoms with Gasteiger partial charge in [-0.25, -0.2) is 4.98 Å². The third kappa shape index (κ3) is 4.88. The van der Waals surface area contributed by atoms with E-state index in [1.807, 2.05) is 56.3 Å². The van der Waals surface area contributed by atoms with Crippen LogP contribution in [0.15, 0.2) is 42.5 Å². The highest BCUT2D eigenvalue weighted by Gasteiger charge is 2.20. The second kappa shape index (κ2) is 9.17. The third-order valence-corrected chi connectivity index (χ3v) is 5.55. The van der Waals surface area contributed by atoms with Crippen molar-refractivity contribution in [1.82, 2.24) is 9.88 Å². The Bertz CT molecular complexity index is 935. The van der Waals surface area contributed by atoms with Gasteiger partial charge in [0.05, 0.1) is 23.2 Å². The van der Waals surface area contributed by atoms with Crippen molar-refractivity contribution in [2.45, 2.75) is 20.3 Å². The number of anilines is 1. The highest BCUT2D eigenvalue weighted by molar-refractivity contribution is 7.22. The fraction of sp³-hybridized carbons (Fsp3) is 0.364. The number of carbonyl (C=O) groups excluding carboxylic acids is 1. The van der Waals surface area contributed by atoms with E-state index >= 15 is 0 Å². The Morgan fingerprint density at radius 2 is 1.86 bits per heavy atom. The maximum atomic E-state index is 13.1. The first kappa shape index (κ1) is 20.3. The van der Waals surface area contributed by atoms with Gasteiger partial charge in [0.15, 0.2) is 5.13 Å². The number of aromatic nitrogens is 1. The molecular weight excluding hydrogens is 370 g/mol. The summed E-state index contributed by atoms with van der Waals surface area (Å²) in [5.74, 6) is 0.882. The first-order chi connectivity index (χ1) is 13.5. The molecule has 1 amide bonds. The zero-order valence-electron chi connectivity index (χ0n) is 16.9. The van der Waals surface area contributed by atoms with E-state index in [2.05, 4.69) is 24.0 Å². The van der Waals surface area contributed by atoms with Crippen molar-refractivity contribution in [3.05, 3.63) is 53.6 Å². The molecule has 0 bridgehead atoms. The van der Waals surface area contributed by atoms with Crippen molar-refractivity contribution >= 4 is 32.6 Å². The largest absolute Gasteiger partial charge is 0.494 e. The van der Waals surface area contributed by atoms with Crippen LogP contribution in [0.25, 0.3) is 10.2 Å². The summed E-state index contributed by atoms with van der Waals surface area (Å²) in [5.41, 5.74) is 3.08. The minimum absolute atomic E-state index is 0.0581. The van der Waals surface area contributed by atoms with Gasteiger partial charge in [0.1, 0.15) is 5.75 Å². The molecule has 0 aliphatic carbocycles. The molecule has 1 heterocycles. The number of aryl methyl sites for hydroxylation is 1.